The number of hydrogen-bond acceptors (Lipinski definition) is 7. The topological polar surface area (TPSA) is 105 Å². The Morgan fingerprint density at radius 3 is 2.64 bits per heavy atom. The van der Waals surface area contributed by atoms with Gasteiger partial charge in [0.25, 0.3) is 0 Å². The van der Waals surface area contributed by atoms with Gasteiger partial charge in [-0.1, -0.05) is 6.08 Å². The highest BCUT2D eigenvalue weighted by Crippen LogP contribution is 2.49. The molecule has 2 aromatic rings. The Balaban J connectivity index is 2.15. The molecule has 0 saturated carbocycles. The number of imidazole rings is 1. The Kier molecular flexibility index (Phi) is 5.43. The van der Waals surface area contributed by atoms with Gasteiger partial charge in [-0.15, -0.1) is 0 Å². The molecule has 2 N–H and O–H groups in total. The largest absolute Gasteiger partial charge is 0.382 e. The highest BCUT2D eigenvalue weighted by molar-refractivity contribution is 7.57. The predicted octanol–water partition coefficient (Wildman–Crippen LogP) is 2.66. The van der Waals surface area contributed by atoms with Crippen molar-refractivity contribution in [2.75, 3.05) is 18.9 Å². The molecule has 0 bridgehead atoms. The zero-order valence-corrected chi connectivity index (χ0v) is 13.3. The van der Waals surface area contributed by atoms with Crippen molar-refractivity contribution in [3.05, 3.63) is 30.6 Å². The van der Waals surface area contributed by atoms with E-state index < -0.39 is 7.60 Å². The fraction of sp³-hybridized carbons (Fsp3) is 0.308. The molecule has 8 nitrogen and oxygen atoms in total. The van der Waals surface area contributed by atoms with E-state index in [9.17, 15) is 4.57 Å². The van der Waals surface area contributed by atoms with Gasteiger partial charge >= 0.3 is 7.60 Å². The molecule has 9 heteroatoms. The van der Waals surface area contributed by atoms with Crippen LogP contribution in [0.2, 0.25) is 0 Å². The molecule has 0 fully saturated rings. The van der Waals surface area contributed by atoms with E-state index in [1.165, 1.54) is 12.1 Å². The lowest BCUT2D eigenvalue weighted by molar-refractivity contribution is 0.229. The summed E-state index contributed by atoms with van der Waals surface area (Å²) in [6, 6.07) is 0. The number of fused-ring (bicyclic) bond motifs is 1. The average Bonchev–Trinajstić information content (AvgIpc) is 2.89. The summed E-state index contributed by atoms with van der Waals surface area (Å²) in [5.41, 5.74) is 6.84. The van der Waals surface area contributed by atoms with Gasteiger partial charge in [-0.25, -0.2) is 15.0 Å². The van der Waals surface area contributed by atoms with Crippen LogP contribution in [-0.2, 0) is 13.6 Å². The van der Waals surface area contributed by atoms with Crippen LogP contribution in [0.5, 0.6) is 0 Å². The molecule has 0 aliphatic rings. The number of rotatable bonds is 7. The quantitative estimate of drug-likeness (QED) is 0.616. The van der Waals surface area contributed by atoms with Crippen LogP contribution in [-0.4, -0.2) is 32.7 Å². The summed E-state index contributed by atoms with van der Waals surface area (Å²) in [6.07, 6.45) is 7.94. The van der Waals surface area contributed by atoms with Crippen molar-refractivity contribution in [2.24, 2.45) is 0 Å². The van der Waals surface area contributed by atoms with Crippen LogP contribution in [0, 0.1) is 0 Å². The van der Waals surface area contributed by atoms with Crippen LogP contribution in [0.25, 0.3) is 17.4 Å². The molecule has 0 unspecified atom stereocenters. The average molecular weight is 323 g/mol. The highest BCUT2D eigenvalue weighted by atomic mass is 31.2. The van der Waals surface area contributed by atoms with Gasteiger partial charge in [0.1, 0.15) is 12.7 Å². The van der Waals surface area contributed by atoms with Gasteiger partial charge in [-0.05, 0) is 19.9 Å². The van der Waals surface area contributed by atoms with Crippen LogP contribution in [0.15, 0.2) is 30.6 Å². The normalized spacial score (nSPS) is 12.8. The number of nitrogens with two attached hydrogens (primary N) is 1. The zero-order valence-electron chi connectivity index (χ0n) is 12.4. The van der Waals surface area contributed by atoms with E-state index in [1.54, 1.807) is 43.1 Å². The molecule has 2 aromatic heterocycles. The van der Waals surface area contributed by atoms with Gasteiger partial charge in [-0.3, -0.25) is 9.13 Å². The first-order valence-electron chi connectivity index (χ1n) is 6.77. The van der Waals surface area contributed by atoms with Gasteiger partial charge in [0.05, 0.1) is 13.2 Å². The molecular weight excluding hydrogens is 305 g/mol. The Morgan fingerprint density at radius 1 is 1.23 bits per heavy atom. The third kappa shape index (κ3) is 3.79. The summed E-state index contributed by atoms with van der Waals surface area (Å²) in [7, 11) is -3.18. The van der Waals surface area contributed by atoms with Gasteiger partial charge in [0, 0.05) is 12.0 Å². The molecule has 0 spiro atoms. The Hall–Kier alpha value is -2.02. The van der Waals surface area contributed by atoms with E-state index in [4.69, 9.17) is 14.8 Å². The second-order valence-corrected chi connectivity index (χ2v) is 6.04. The predicted molar refractivity (Wildman–Crippen MR) is 85.1 cm³/mol. The van der Waals surface area contributed by atoms with Crippen molar-refractivity contribution < 1.29 is 13.6 Å². The van der Waals surface area contributed by atoms with Crippen LogP contribution in [0.4, 0.5) is 5.82 Å². The lowest BCUT2D eigenvalue weighted by atomic mass is 10.5. The van der Waals surface area contributed by atoms with Crippen molar-refractivity contribution in [3.63, 3.8) is 0 Å². The molecule has 0 aliphatic heterocycles. The summed E-state index contributed by atoms with van der Waals surface area (Å²) in [6.45, 7) is 4.15. The first-order valence-corrected chi connectivity index (χ1v) is 8.38. The van der Waals surface area contributed by atoms with E-state index in [-0.39, 0.29) is 0 Å². The molecule has 2 heterocycles. The fourth-order valence-corrected chi connectivity index (χ4v) is 3.04. The second-order valence-electron chi connectivity index (χ2n) is 4.14. The number of anilines is 1. The van der Waals surface area contributed by atoms with Crippen molar-refractivity contribution in [1.82, 2.24) is 19.5 Å². The zero-order chi connectivity index (χ0) is 16.0. The third-order valence-electron chi connectivity index (χ3n) is 2.63. The number of nitrogens with zero attached hydrogens (tertiary/aromatic N) is 4. The van der Waals surface area contributed by atoms with Gasteiger partial charge in [-0.2, -0.15) is 0 Å². The van der Waals surface area contributed by atoms with Crippen molar-refractivity contribution in [1.29, 1.82) is 0 Å². The van der Waals surface area contributed by atoms with Gasteiger partial charge in [0.2, 0.25) is 0 Å². The Morgan fingerprint density at radius 2 is 1.95 bits per heavy atom. The molecule has 2 rings (SSSR count). The number of nitrogen functional groups attached to an aromatic ring is 1. The minimum atomic E-state index is -3.18. The SMILES string of the molecule is CCOP(=O)(/C=C/C=C/n1cnc2c(N)ncnc21)OCC. The minimum Gasteiger partial charge on any atom is -0.382 e. The Labute approximate surface area is 128 Å². The molecular formula is C13H18N5O3P. The molecule has 118 valence electrons. The summed E-state index contributed by atoms with van der Waals surface area (Å²) >= 11 is 0. The minimum absolute atomic E-state index is 0.313. The number of allylic oxidation sites excluding steroid dienone is 2. The standard InChI is InChI=1S/C13H18N5O3P/c1-3-20-22(19,21-4-2)8-6-5-7-18-10-17-11-12(14)15-9-16-13(11)18/h5-10H,3-4H2,1-2H3,(H2,14,15,16)/b7-5+,8-6+. The molecule has 0 radical (unpaired) electrons. The molecule has 0 atom stereocenters. The first-order chi connectivity index (χ1) is 10.6. The van der Waals surface area contributed by atoms with E-state index in [2.05, 4.69) is 15.0 Å². The van der Waals surface area contributed by atoms with E-state index in [0.717, 1.165) is 0 Å². The summed E-state index contributed by atoms with van der Waals surface area (Å²) < 4.78 is 24.2. The maximum absolute atomic E-state index is 12.2. The molecule has 0 aromatic carbocycles. The molecule has 22 heavy (non-hydrogen) atoms. The van der Waals surface area contributed by atoms with Crippen LogP contribution in [0.1, 0.15) is 13.8 Å². The third-order valence-corrected chi connectivity index (χ3v) is 4.41. The van der Waals surface area contributed by atoms with Crippen molar-refractivity contribution in [3.8, 4) is 0 Å². The Bertz CT molecular complexity index is 730. The second kappa shape index (κ2) is 7.31. The summed E-state index contributed by atoms with van der Waals surface area (Å²) in [4.78, 5) is 12.1. The lowest BCUT2D eigenvalue weighted by Crippen LogP contribution is -1.94. The maximum Gasteiger partial charge on any atom is 0.354 e. The lowest BCUT2D eigenvalue weighted by Gasteiger charge is -2.11. The van der Waals surface area contributed by atoms with E-state index >= 15 is 0 Å². The summed E-state index contributed by atoms with van der Waals surface area (Å²) in [5, 5.41) is 0. The maximum atomic E-state index is 12.2. The smallest absolute Gasteiger partial charge is 0.354 e. The number of aromatic nitrogens is 4. The van der Waals surface area contributed by atoms with Crippen LogP contribution < -0.4 is 5.73 Å². The highest BCUT2D eigenvalue weighted by Gasteiger charge is 2.18. The van der Waals surface area contributed by atoms with Gasteiger partial charge in [0.15, 0.2) is 17.0 Å². The van der Waals surface area contributed by atoms with Crippen molar-refractivity contribution in [2.45, 2.75) is 13.8 Å². The van der Waals surface area contributed by atoms with E-state index in [0.29, 0.717) is 30.2 Å². The van der Waals surface area contributed by atoms with Crippen LogP contribution >= 0.6 is 7.60 Å². The van der Waals surface area contributed by atoms with Crippen LogP contribution in [0.3, 0.4) is 0 Å². The summed E-state index contributed by atoms with van der Waals surface area (Å²) in [5.74, 6) is 1.74. The molecule has 0 aliphatic carbocycles. The van der Waals surface area contributed by atoms with E-state index in [1.807, 2.05) is 0 Å². The fourth-order valence-electron chi connectivity index (χ4n) is 1.76. The van der Waals surface area contributed by atoms with Gasteiger partial charge < -0.3 is 14.8 Å². The van der Waals surface area contributed by atoms with Crippen molar-refractivity contribution >= 4 is 30.8 Å². The molecule has 0 saturated heterocycles. The number of hydrogen-bond donors (Lipinski definition) is 1. The first kappa shape index (κ1) is 16.4. The monoisotopic (exact) mass is 323 g/mol. The molecule has 0 amide bonds.